The van der Waals surface area contributed by atoms with Crippen LogP contribution >= 0.6 is 11.8 Å². The molecule has 0 heterocycles. The normalized spacial score (nSPS) is 19.6. The van der Waals surface area contributed by atoms with Crippen molar-refractivity contribution in [1.82, 2.24) is 0 Å². The zero-order valence-corrected chi connectivity index (χ0v) is 8.66. The molecule has 0 atom stereocenters. The molecule has 0 aromatic carbocycles. The van der Waals surface area contributed by atoms with Crippen LogP contribution in [0.1, 0.15) is 32.1 Å². The molecule has 0 aliphatic heterocycles. The van der Waals surface area contributed by atoms with E-state index in [0.29, 0.717) is 0 Å². The average Bonchev–Trinajstić information content (AvgIpc) is 2.16. The number of carbonyl (C=O) groups is 1. The van der Waals surface area contributed by atoms with Gasteiger partial charge in [0, 0.05) is 5.25 Å². The summed E-state index contributed by atoms with van der Waals surface area (Å²) < 4.78 is 25.4. The minimum Gasteiger partial charge on any atom is -0.477 e. The highest BCUT2D eigenvalue weighted by Crippen LogP contribution is 2.31. The predicted octanol–water partition coefficient (Wildman–Crippen LogP) is 2.77. The maximum Gasteiger partial charge on any atom is 0.375 e. The number of alkyl halides is 2. The first-order valence-electron chi connectivity index (χ1n) is 4.75. The van der Waals surface area contributed by atoms with Gasteiger partial charge in [-0.25, -0.2) is 4.79 Å². The van der Waals surface area contributed by atoms with Gasteiger partial charge in [-0.1, -0.05) is 19.3 Å². The van der Waals surface area contributed by atoms with Gasteiger partial charge in [0.25, 0.3) is 0 Å². The van der Waals surface area contributed by atoms with Crippen molar-refractivity contribution >= 4 is 17.7 Å². The minimum atomic E-state index is -3.57. The Kier molecular flexibility index (Phi) is 4.16. The van der Waals surface area contributed by atoms with Crippen molar-refractivity contribution in [3.05, 3.63) is 0 Å². The molecule has 1 rings (SSSR count). The first-order chi connectivity index (χ1) is 6.52. The van der Waals surface area contributed by atoms with Gasteiger partial charge in [0.05, 0.1) is 5.75 Å². The van der Waals surface area contributed by atoms with Crippen LogP contribution in [0.25, 0.3) is 0 Å². The highest BCUT2D eigenvalue weighted by Gasteiger charge is 2.39. The Morgan fingerprint density at radius 3 is 2.43 bits per heavy atom. The van der Waals surface area contributed by atoms with Gasteiger partial charge in [-0.3, -0.25) is 0 Å². The smallest absolute Gasteiger partial charge is 0.375 e. The van der Waals surface area contributed by atoms with Crippen molar-refractivity contribution in [2.75, 3.05) is 5.75 Å². The molecule has 1 N–H and O–H groups in total. The lowest BCUT2D eigenvalue weighted by molar-refractivity contribution is -0.161. The minimum absolute atomic E-state index is 0.231. The van der Waals surface area contributed by atoms with Gasteiger partial charge in [-0.15, -0.1) is 0 Å². The molecular weight excluding hydrogens is 210 g/mol. The number of hydrogen-bond donors (Lipinski definition) is 1. The summed E-state index contributed by atoms with van der Waals surface area (Å²) in [5, 5.41) is 8.44. The second-order valence-corrected chi connectivity index (χ2v) is 4.87. The zero-order valence-electron chi connectivity index (χ0n) is 7.84. The Morgan fingerprint density at radius 2 is 1.93 bits per heavy atom. The highest BCUT2D eigenvalue weighted by atomic mass is 32.2. The molecular formula is C9H14F2O2S. The van der Waals surface area contributed by atoms with E-state index in [1.54, 1.807) is 0 Å². The van der Waals surface area contributed by atoms with E-state index >= 15 is 0 Å². The molecule has 0 amide bonds. The van der Waals surface area contributed by atoms with Crippen molar-refractivity contribution in [2.24, 2.45) is 0 Å². The van der Waals surface area contributed by atoms with Gasteiger partial charge < -0.3 is 5.11 Å². The summed E-state index contributed by atoms with van der Waals surface area (Å²) in [6, 6.07) is 0. The number of hydrogen-bond acceptors (Lipinski definition) is 2. The molecule has 0 unspecified atom stereocenters. The summed E-state index contributed by atoms with van der Waals surface area (Å²) in [6.07, 6.45) is 5.22. The summed E-state index contributed by atoms with van der Waals surface area (Å²) in [4.78, 5) is 10.1. The van der Waals surface area contributed by atoms with Crippen LogP contribution in [0.4, 0.5) is 8.78 Å². The number of carboxylic acid groups (broad SMARTS) is 1. The van der Waals surface area contributed by atoms with E-state index in [4.69, 9.17) is 5.11 Å². The third-order valence-electron chi connectivity index (χ3n) is 2.37. The van der Waals surface area contributed by atoms with Crippen LogP contribution in [0, 0.1) is 0 Å². The molecule has 5 heteroatoms. The SMILES string of the molecule is O=C(O)C(F)(F)CSC1CCCCC1. The van der Waals surface area contributed by atoms with E-state index in [-0.39, 0.29) is 5.25 Å². The van der Waals surface area contributed by atoms with E-state index in [9.17, 15) is 13.6 Å². The molecule has 0 radical (unpaired) electrons. The molecule has 1 fully saturated rings. The van der Waals surface area contributed by atoms with Crippen molar-refractivity contribution in [1.29, 1.82) is 0 Å². The Bertz CT molecular complexity index is 203. The standard InChI is InChI=1S/C9H14F2O2S/c10-9(11,8(12)13)6-14-7-4-2-1-3-5-7/h7H,1-6H2,(H,12,13). The summed E-state index contributed by atoms with van der Waals surface area (Å²) in [5.74, 6) is -6.17. The zero-order chi connectivity index (χ0) is 10.6. The Labute approximate surface area is 86.1 Å². The number of rotatable bonds is 4. The summed E-state index contributed by atoms with van der Waals surface area (Å²) in [6.45, 7) is 0. The molecule has 0 spiro atoms. The molecule has 82 valence electrons. The fourth-order valence-electron chi connectivity index (χ4n) is 1.52. The average molecular weight is 224 g/mol. The van der Waals surface area contributed by atoms with Gasteiger partial charge >= 0.3 is 11.9 Å². The van der Waals surface area contributed by atoms with Crippen LogP contribution in [-0.2, 0) is 4.79 Å². The predicted molar refractivity (Wildman–Crippen MR) is 51.9 cm³/mol. The van der Waals surface area contributed by atoms with E-state index in [1.807, 2.05) is 0 Å². The van der Waals surface area contributed by atoms with Crippen LogP contribution in [0.5, 0.6) is 0 Å². The molecule has 0 aromatic rings. The lowest BCUT2D eigenvalue weighted by Crippen LogP contribution is -2.32. The maximum atomic E-state index is 12.7. The molecule has 1 saturated carbocycles. The molecule has 0 saturated heterocycles. The third-order valence-corrected chi connectivity index (χ3v) is 3.84. The monoisotopic (exact) mass is 224 g/mol. The lowest BCUT2D eigenvalue weighted by atomic mass is 10.0. The fraction of sp³-hybridized carbons (Fsp3) is 0.889. The fourth-order valence-corrected chi connectivity index (χ4v) is 2.75. The summed E-state index contributed by atoms with van der Waals surface area (Å²) in [7, 11) is 0. The molecule has 1 aliphatic rings. The third kappa shape index (κ3) is 3.44. The largest absolute Gasteiger partial charge is 0.477 e. The second kappa shape index (κ2) is 4.96. The van der Waals surface area contributed by atoms with Gasteiger partial charge in [-0.2, -0.15) is 20.5 Å². The Morgan fingerprint density at radius 1 is 1.36 bits per heavy atom. The van der Waals surface area contributed by atoms with Crippen LogP contribution in [0.3, 0.4) is 0 Å². The first kappa shape index (κ1) is 11.8. The van der Waals surface area contributed by atoms with E-state index in [0.717, 1.165) is 37.4 Å². The van der Waals surface area contributed by atoms with Crippen molar-refractivity contribution < 1.29 is 18.7 Å². The quantitative estimate of drug-likeness (QED) is 0.797. The van der Waals surface area contributed by atoms with Gasteiger partial charge in [-0.05, 0) is 12.8 Å². The number of thioether (sulfide) groups is 1. The molecule has 1 aliphatic carbocycles. The Balaban J connectivity index is 2.28. The van der Waals surface area contributed by atoms with Gasteiger partial charge in [0.15, 0.2) is 0 Å². The van der Waals surface area contributed by atoms with Crippen LogP contribution in [0.15, 0.2) is 0 Å². The van der Waals surface area contributed by atoms with Crippen LogP contribution in [0.2, 0.25) is 0 Å². The van der Waals surface area contributed by atoms with E-state index in [2.05, 4.69) is 0 Å². The number of aliphatic carboxylic acids is 1. The maximum absolute atomic E-state index is 12.7. The van der Waals surface area contributed by atoms with Crippen molar-refractivity contribution in [3.63, 3.8) is 0 Å². The summed E-state index contributed by atoms with van der Waals surface area (Å²) >= 11 is 1.10. The van der Waals surface area contributed by atoms with Crippen molar-refractivity contribution in [3.8, 4) is 0 Å². The van der Waals surface area contributed by atoms with Crippen LogP contribution < -0.4 is 0 Å². The van der Waals surface area contributed by atoms with E-state index in [1.165, 1.54) is 6.42 Å². The van der Waals surface area contributed by atoms with E-state index < -0.39 is 17.6 Å². The molecule has 14 heavy (non-hydrogen) atoms. The lowest BCUT2D eigenvalue weighted by Gasteiger charge is -2.22. The van der Waals surface area contributed by atoms with Crippen molar-refractivity contribution in [2.45, 2.75) is 43.3 Å². The van der Waals surface area contributed by atoms with Gasteiger partial charge in [0.2, 0.25) is 0 Å². The van der Waals surface area contributed by atoms with Gasteiger partial charge in [0.1, 0.15) is 0 Å². The first-order valence-corrected chi connectivity index (χ1v) is 5.80. The highest BCUT2D eigenvalue weighted by molar-refractivity contribution is 8.00. The second-order valence-electron chi connectivity index (χ2n) is 3.58. The number of halogens is 2. The van der Waals surface area contributed by atoms with Crippen LogP contribution in [-0.4, -0.2) is 28.0 Å². The topological polar surface area (TPSA) is 37.3 Å². The molecule has 0 bridgehead atoms. The number of carboxylic acids is 1. The molecule has 2 nitrogen and oxygen atoms in total. The summed E-state index contributed by atoms with van der Waals surface area (Å²) in [5.41, 5.74) is 0. The molecule has 0 aromatic heterocycles. The Hall–Kier alpha value is -0.320.